The van der Waals surface area contributed by atoms with E-state index in [1.807, 2.05) is 0 Å². The van der Waals surface area contributed by atoms with E-state index in [4.69, 9.17) is 9.47 Å². The van der Waals surface area contributed by atoms with E-state index < -0.39 is 33.9 Å². The largest absolute Gasteiger partial charge is 0.523 e. The molecule has 0 aliphatic carbocycles. The molecule has 2 rings (SSSR count). The second-order valence-electron chi connectivity index (χ2n) is 3.26. The lowest BCUT2D eigenvalue weighted by atomic mass is 10.2. The Bertz CT molecular complexity index is 401. The zero-order valence-electron chi connectivity index (χ0n) is 7.68. The van der Waals surface area contributed by atoms with E-state index in [1.165, 1.54) is 12.3 Å². The van der Waals surface area contributed by atoms with Gasteiger partial charge in [-0.2, -0.15) is 21.6 Å². The molecule has 0 saturated carbocycles. The van der Waals surface area contributed by atoms with Crippen molar-refractivity contribution in [3.63, 3.8) is 0 Å². The van der Waals surface area contributed by atoms with Crippen molar-refractivity contribution in [3.05, 3.63) is 12.3 Å². The lowest BCUT2D eigenvalue weighted by Crippen LogP contribution is -2.36. The minimum atomic E-state index is -5.61. The average molecular weight is 260 g/mol. The van der Waals surface area contributed by atoms with Crippen LogP contribution in [-0.2, 0) is 23.8 Å². The average Bonchev–Trinajstić information content (AvgIpc) is 2.67. The molecule has 9 heteroatoms. The maximum atomic E-state index is 12.0. The molecule has 1 saturated heterocycles. The fourth-order valence-corrected chi connectivity index (χ4v) is 2.05. The van der Waals surface area contributed by atoms with Crippen molar-refractivity contribution in [2.24, 2.45) is 0 Å². The lowest BCUT2D eigenvalue weighted by Gasteiger charge is -2.17. The molecule has 92 valence electrons. The minimum Gasteiger partial charge on any atom is -0.492 e. The third-order valence-electron chi connectivity index (χ3n) is 2.18. The monoisotopic (exact) mass is 260 g/mol. The van der Waals surface area contributed by atoms with Crippen molar-refractivity contribution in [2.45, 2.75) is 23.8 Å². The molecule has 5 nitrogen and oxygen atoms in total. The topological polar surface area (TPSA) is 61.8 Å². The van der Waals surface area contributed by atoms with Crippen LogP contribution in [0.15, 0.2) is 12.3 Å². The summed E-state index contributed by atoms with van der Waals surface area (Å²) in [4.78, 5) is 0. The third kappa shape index (κ3) is 1.89. The molecule has 0 aromatic rings. The van der Waals surface area contributed by atoms with Crippen molar-refractivity contribution in [3.8, 4) is 0 Å². The summed E-state index contributed by atoms with van der Waals surface area (Å²) in [5.41, 5.74) is -5.43. The first kappa shape index (κ1) is 11.7. The Labute approximate surface area is 88.9 Å². The summed E-state index contributed by atoms with van der Waals surface area (Å²) in [7, 11) is -5.61. The Morgan fingerprint density at radius 2 is 2.06 bits per heavy atom. The molecule has 2 aliphatic heterocycles. The number of rotatable bonds is 2. The van der Waals surface area contributed by atoms with Crippen LogP contribution in [0.2, 0.25) is 0 Å². The molecule has 0 amide bonds. The van der Waals surface area contributed by atoms with Crippen molar-refractivity contribution >= 4 is 10.1 Å². The summed E-state index contributed by atoms with van der Waals surface area (Å²) in [6.07, 6.45) is 0.0661. The van der Waals surface area contributed by atoms with E-state index in [1.54, 1.807) is 0 Å². The van der Waals surface area contributed by atoms with Gasteiger partial charge in [0.05, 0.1) is 12.9 Å². The minimum absolute atomic E-state index is 0.255. The summed E-state index contributed by atoms with van der Waals surface area (Å²) in [6.45, 7) is -0.255. The molecule has 0 unspecified atom stereocenters. The number of halogens is 3. The highest BCUT2D eigenvalue weighted by atomic mass is 32.2. The number of ether oxygens (including phenoxy) is 2. The van der Waals surface area contributed by atoms with Crippen LogP contribution in [0.25, 0.3) is 0 Å². The van der Waals surface area contributed by atoms with Gasteiger partial charge in [0.25, 0.3) is 0 Å². The summed E-state index contributed by atoms with van der Waals surface area (Å²) < 4.78 is 71.4. The molecule has 3 atom stereocenters. The predicted octanol–water partition coefficient (Wildman–Crippen LogP) is 0.532. The van der Waals surface area contributed by atoms with Gasteiger partial charge in [-0.3, -0.25) is 4.18 Å². The van der Waals surface area contributed by atoms with Gasteiger partial charge in [0.2, 0.25) is 0 Å². The van der Waals surface area contributed by atoms with Gasteiger partial charge in [-0.15, -0.1) is 0 Å². The first-order chi connectivity index (χ1) is 7.31. The van der Waals surface area contributed by atoms with E-state index in [0.29, 0.717) is 0 Å². The normalized spacial score (nSPS) is 33.8. The highest BCUT2D eigenvalue weighted by molar-refractivity contribution is 7.87. The van der Waals surface area contributed by atoms with Crippen LogP contribution >= 0.6 is 0 Å². The van der Waals surface area contributed by atoms with Crippen LogP contribution in [0.3, 0.4) is 0 Å². The lowest BCUT2D eigenvalue weighted by molar-refractivity contribution is -0.0608. The highest BCUT2D eigenvalue weighted by Crippen LogP contribution is 2.31. The summed E-state index contributed by atoms with van der Waals surface area (Å²) in [6, 6.07) is 0. The first-order valence-corrected chi connectivity index (χ1v) is 5.65. The number of fused-ring (bicyclic) bond motifs is 1. The van der Waals surface area contributed by atoms with Crippen LogP contribution in [0.4, 0.5) is 13.2 Å². The molecule has 1 fully saturated rings. The van der Waals surface area contributed by atoms with Crippen LogP contribution < -0.4 is 0 Å². The van der Waals surface area contributed by atoms with E-state index >= 15 is 0 Å². The Morgan fingerprint density at radius 1 is 1.38 bits per heavy atom. The van der Waals surface area contributed by atoms with Crippen molar-refractivity contribution < 1.29 is 35.2 Å². The van der Waals surface area contributed by atoms with Gasteiger partial charge >= 0.3 is 15.6 Å². The van der Waals surface area contributed by atoms with E-state index in [2.05, 4.69) is 4.18 Å². The van der Waals surface area contributed by atoms with Crippen LogP contribution in [0.1, 0.15) is 0 Å². The number of hydrogen-bond acceptors (Lipinski definition) is 5. The zero-order chi connectivity index (χ0) is 12.0. The smallest absolute Gasteiger partial charge is 0.492 e. The Hall–Kier alpha value is -0.800. The van der Waals surface area contributed by atoms with Gasteiger partial charge in [-0.25, -0.2) is 0 Å². The van der Waals surface area contributed by atoms with Crippen molar-refractivity contribution in [1.29, 1.82) is 0 Å². The van der Waals surface area contributed by atoms with E-state index in [-0.39, 0.29) is 6.61 Å². The standard InChI is InChI=1S/C7H7F3O5S/c8-7(9,10)16(11,12)15-5-3-14-4-1-2-13-6(4)5/h1-2,4-6H,3H2/t4-,5+,6-/m1/s1. The quantitative estimate of drug-likeness (QED) is 0.535. The van der Waals surface area contributed by atoms with Crippen LogP contribution in [0, 0.1) is 0 Å². The van der Waals surface area contributed by atoms with E-state index in [0.717, 1.165) is 0 Å². The van der Waals surface area contributed by atoms with E-state index in [9.17, 15) is 21.6 Å². The number of hydrogen-bond donors (Lipinski definition) is 0. The molecular formula is C7H7F3O5S. The Morgan fingerprint density at radius 3 is 2.69 bits per heavy atom. The molecule has 0 aromatic carbocycles. The molecule has 0 radical (unpaired) electrons. The SMILES string of the molecule is O=S(=O)(O[C@H]1CO[C@@H]2C=CO[C@@H]12)C(F)(F)F. The van der Waals surface area contributed by atoms with Crippen molar-refractivity contribution in [2.75, 3.05) is 6.61 Å². The molecule has 0 bridgehead atoms. The second kappa shape index (κ2) is 3.60. The van der Waals surface area contributed by atoms with Gasteiger partial charge in [0.15, 0.2) is 6.10 Å². The van der Waals surface area contributed by atoms with Gasteiger partial charge in [-0.05, 0) is 6.08 Å². The Kier molecular flexibility index (Phi) is 2.63. The number of alkyl halides is 3. The molecule has 0 spiro atoms. The molecule has 2 aliphatic rings. The maximum Gasteiger partial charge on any atom is 0.523 e. The Balaban J connectivity index is 2.07. The molecule has 2 heterocycles. The second-order valence-corrected chi connectivity index (χ2v) is 4.83. The molecular weight excluding hydrogens is 253 g/mol. The molecule has 0 N–H and O–H groups in total. The molecule has 0 aromatic heterocycles. The van der Waals surface area contributed by atoms with Gasteiger partial charge < -0.3 is 9.47 Å². The fourth-order valence-electron chi connectivity index (χ4n) is 1.45. The van der Waals surface area contributed by atoms with Gasteiger partial charge in [0.1, 0.15) is 12.2 Å². The van der Waals surface area contributed by atoms with Gasteiger partial charge in [0, 0.05) is 0 Å². The maximum absolute atomic E-state index is 12.0. The van der Waals surface area contributed by atoms with Crippen molar-refractivity contribution in [1.82, 2.24) is 0 Å². The first-order valence-electron chi connectivity index (χ1n) is 4.24. The predicted molar refractivity (Wildman–Crippen MR) is 43.6 cm³/mol. The summed E-state index contributed by atoms with van der Waals surface area (Å²) in [5, 5.41) is 0. The van der Waals surface area contributed by atoms with Crippen LogP contribution in [-0.4, -0.2) is 38.8 Å². The fraction of sp³-hybridized carbons (Fsp3) is 0.714. The highest BCUT2D eigenvalue weighted by Gasteiger charge is 2.52. The zero-order valence-corrected chi connectivity index (χ0v) is 8.49. The van der Waals surface area contributed by atoms with Crippen LogP contribution in [0.5, 0.6) is 0 Å². The summed E-state index contributed by atoms with van der Waals surface area (Å²) >= 11 is 0. The summed E-state index contributed by atoms with van der Waals surface area (Å²) in [5.74, 6) is 0. The third-order valence-corrected chi connectivity index (χ3v) is 3.25. The molecule has 16 heavy (non-hydrogen) atoms. The van der Waals surface area contributed by atoms with Gasteiger partial charge in [-0.1, -0.05) is 0 Å².